The summed E-state index contributed by atoms with van der Waals surface area (Å²) in [5, 5.41) is 7.98. The van der Waals surface area contributed by atoms with Crippen LogP contribution in [0.25, 0.3) is 6.08 Å². The van der Waals surface area contributed by atoms with Crippen LogP contribution in [0.1, 0.15) is 35.4 Å². The number of esters is 1. The SMILES string of the molecule is CCO/N=C(/C(=O)NC1C(=O)N2C(C(=O)OC(c3ccccc3)c3ccccc3)=C(/C=C/c3cccnc3)CSC12)c1csc(N)n1. The number of fused-ring (bicyclic) bond motifs is 1. The molecule has 0 saturated carbocycles. The van der Waals surface area contributed by atoms with Crippen LogP contribution >= 0.6 is 23.1 Å². The Bertz CT molecular complexity index is 1810. The zero-order chi connectivity index (χ0) is 32.8. The molecule has 2 aliphatic rings. The van der Waals surface area contributed by atoms with Gasteiger partial charge in [-0.3, -0.25) is 19.5 Å². The third-order valence-electron chi connectivity index (χ3n) is 7.33. The van der Waals surface area contributed by atoms with Crippen LogP contribution in [0.2, 0.25) is 0 Å². The summed E-state index contributed by atoms with van der Waals surface area (Å²) in [7, 11) is 0. The van der Waals surface area contributed by atoms with Gasteiger partial charge in [0.25, 0.3) is 11.8 Å². The Labute approximate surface area is 279 Å². The highest BCUT2D eigenvalue weighted by Crippen LogP contribution is 2.42. The van der Waals surface area contributed by atoms with Gasteiger partial charge in [0.15, 0.2) is 16.9 Å². The number of β-lactam (4-membered cyclic amide) rings is 1. The van der Waals surface area contributed by atoms with E-state index >= 15 is 0 Å². The van der Waals surface area contributed by atoms with Crippen molar-refractivity contribution in [3.63, 3.8) is 0 Å². The first-order valence-electron chi connectivity index (χ1n) is 14.7. The molecule has 3 N–H and O–H groups in total. The molecule has 2 aliphatic heterocycles. The Hall–Kier alpha value is -5.27. The number of ether oxygens (including phenoxy) is 1. The molecule has 2 aromatic carbocycles. The van der Waals surface area contributed by atoms with Crippen molar-refractivity contribution in [1.82, 2.24) is 20.2 Å². The molecular formula is C34H30N6O5S2. The lowest BCUT2D eigenvalue weighted by atomic mass is 10.00. The van der Waals surface area contributed by atoms with Crippen molar-refractivity contribution in [2.24, 2.45) is 5.16 Å². The number of anilines is 1. The van der Waals surface area contributed by atoms with Gasteiger partial charge in [-0.15, -0.1) is 23.1 Å². The smallest absolute Gasteiger partial charge is 0.356 e. The van der Waals surface area contributed by atoms with E-state index in [2.05, 4.69) is 20.4 Å². The Morgan fingerprint density at radius 3 is 2.43 bits per heavy atom. The van der Waals surface area contributed by atoms with E-state index in [1.54, 1.807) is 30.8 Å². The standard InChI is InChI=1S/C34H30N6O5S2/c1-2-44-39-26(25-20-47-34(35)37-25)30(41)38-27-31(42)40-28(24(19-46-32(27)40)16-15-21-10-9-17-36-18-21)33(43)45-29(22-11-5-3-6-12-22)23-13-7-4-8-14-23/h3-18,20,27,29,32H,2,19H2,1H3,(H2,35,37)(H,38,41)/b16-15+,39-26+. The molecule has 0 radical (unpaired) electrons. The van der Waals surface area contributed by atoms with Crippen molar-refractivity contribution in [3.8, 4) is 0 Å². The minimum atomic E-state index is -0.930. The van der Waals surface area contributed by atoms with E-state index in [9.17, 15) is 14.4 Å². The number of nitrogen functional groups attached to an aromatic ring is 1. The van der Waals surface area contributed by atoms with Gasteiger partial charge in [0.1, 0.15) is 29.4 Å². The number of amides is 2. The summed E-state index contributed by atoms with van der Waals surface area (Å²) >= 11 is 2.58. The fourth-order valence-electron chi connectivity index (χ4n) is 5.12. The minimum Gasteiger partial charge on any atom is -0.448 e. The van der Waals surface area contributed by atoms with Crippen LogP contribution in [0.3, 0.4) is 0 Å². The van der Waals surface area contributed by atoms with Gasteiger partial charge >= 0.3 is 5.97 Å². The number of hydrogen-bond donors (Lipinski definition) is 2. The predicted molar refractivity (Wildman–Crippen MR) is 181 cm³/mol. The second kappa shape index (κ2) is 14.4. The van der Waals surface area contributed by atoms with Crippen molar-refractivity contribution < 1.29 is 24.0 Å². The largest absolute Gasteiger partial charge is 0.448 e. The number of pyridine rings is 1. The van der Waals surface area contributed by atoms with Gasteiger partial charge in [0, 0.05) is 23.5 Å². The minimum absolute atomic E-state index is 0.101. The summed E-state index contributed by atoms with van der Waals surface area (Å²) in [6.07, 6.45) is 6.29. The maximum atomic E-state index is 14.2. The van der Waals surface area contributed by atoms with Crippen LogP contribution in [0.4, 0.5) is 5.13 Å². The van der Waals surface area contributed by atoms with Gasteiger partial charge in [0.05, 0.1) is 0 Å². The number of carbonyl (C=O) groups excluding carboxylic acids is 3. The Kier molecular flexibility index (Phi) is 9.74. The molecule has 6 rings (SSSR count). The normalized spacial score (nSPS) is 17.8. The summed E-state index contributed by atoms with van der Waals surface area (Å²) in [4.78, 5) is 56.2. The first-order chi connectivity index (χ1) is 22.9. The lowest BCUT2D eigenvalue weighted by Crippen LogP contribution is -2.71. The van der Waals surface area contributed by atoms with Crippen molar-refractivity contribution in [2.45, 2.75) is 24.4 Å². The second-order valence-corrected chi connectivity index (χ2v) is 12.4. The second-order valence-electron chi connectivity index (χ2n) is 10.4. The number of thiazole rings is 1. The van der Waals surface area contributed by atoms with Crippen molar-refractivity contribution in [1.29, 1.82) is 0 Å². The molecule has 4 heterocycles. The van der Waals surface area contributed by atoms with Gasteiger partial charge < -0.3 is 20.6 Å². The van der Waals surface area contributed by atoms with Crippen molar-refractivity contribution >= 4 is 57.8 Å². The molecule has 1 fully saturated rings. The van der Waals surface area contributed by atoms with E-state index in [0.717, 1.165) is 28.0 Å². The molecule has 4 aromatic rings. The maximum absolute atomic E-state index is 14.2. The van der Waals surface area contributed by atoms with E-state index in [-0.39, 0.29) is 28.8 Å². The average Bonchev–Trinajstić information content (AvgIpc) is 3.54. The van der Waals surface area contributed by atoms with E-state index in [0.29, 0.717) is 11.3 Å². The van der Waals surface area contributed by atoms with Crippen LogP contribution in [0, 0.1) is 0 Å². The number of thioether (sulfide) groups is 1. The van der Waals surface area contributed by atoms with Crippen LogP contribution in [0.5, 0.6) is 0 Å². The monoisotopic (exact) mass is 666 g/mol. The molecule has 47 heavy (non-hydrogen) atoms. The Morgan fingerprint density at radius 1 is 1.09 bits per heavy atom. The van der Waals surface area contributed by atoms with Gasteiger partial charge in [-0.25, -0.2) is 9.78 Å². The van der Waals surface area contributed by atoms with E-state index in [4.69, 9.17) is 15.3 Å². The third kappa shape index (κ3) is 6.95. The number of nitrogens with zero attached hydrogens (tertiary/aromatic N) is 4. The summed E-state index contributed by atoms with van der Waals surface area (Å²) in [5.74, 6) is -1.38. The molecule has 2 atom stereocenters. The number of hydrogen-bond acceptors (Lipinski definition) is 11. The highest BCUT2D eigenvalue weighted by Gasteiger charge is 2.54. The van der Waals surface area contributed by atoms with Crippen LogP contribution in [-0.4, -0.2) is 62.1 Å². The van der Waals surface area contributed by atoms with Gasteiger partial charge in [-0.05, 0) is 35.3 Å². The number of carbonyl (C=O) groups is 3. The lowest BCUT2D eigenvalue weighted by molar-refractivity contribution is -0.154. The van der Waals surface area contributed by atoms with Gasteiger partial charge in [-0.2, -0.15) is 0 Å². The topological polar surface area (TPSA) is 149 Å². The summed E-state index contributed by atoms with van der Waals surface area (Å²) in [6.45, 7) is 1.96. The molecule has 11 nitrogen and oxygen atoms in total. The lowest BCUT2D eigenvalue weighted by Gasteiger charge is -2.49. The molecule has 2 aromatic heterocycles. The molecule has 2 amide bonds. The maximum Gasteiger partial charge on any atom is 0.356 e. The number of nitrogens with one attached hydrogen (secondary N) is 1. The van der Waals surface area contributed by atoms with E-state index < -0.39 is 35.3 Å². The quantitative estimate of drug-likeness (QED) is 0.102. The molecule has 13 heteroatoms. The zero-order valence-electron chi connectivity index (χ0n) is 25.2. The average molecular weight is 667 g/mol. The highest BCUT2D eigenvalue weighted by atomic mass is 32.2. The molecule has 238 valence electrons. The number of nitrogens with two attached hydrogens (primary N) is 1. The molecule has 2 unspecified atom stereocenters. The molecule has 0 spiro atoms. The third-order valence-corrected chi connectivity index (χ3v) is 9.31. The highest BCUT2D eigenvalue weighted by molar-refractivity contribution is 8.00. The van der Waals surface area contributed by atoms with Gasteiger partial charge in [0.2, 0.25) is 0 Å². The molecule has 1 saturated heterocycles. The Morgan fingerprint density at radius 2 is 1.81 bits per heavy atom. The summed E-state index contributed by atoms with van der Waals surface area (Å²) in [5.41, 5.74) is 9.03. The molecule has 0 aliphatic carbocycles. The van der Waals surface area contributed by atoms with Crippen molar-refractivity contribution in [2.75, 3.05) is 18.1 Å². The van der Waals surface area contributed by atoms with Crippen molar-refractivity contribution in [3.05, 3.63) is 130 Å². The van der Waals surface area contributed by atoms with Crippen LogP contribution in [0.15, 0.2) is 113 Å². The summed E-state index contributed by atoms with van der Waals surface area (Å²) in [6, 6.07) is 21.6. The number of aromatic nitrogens is 2. The van der Waals surface area contributed by atoms with Crippen LogP contribution < -0.4 is 11.1 Å². The number of benzene rings is 2. The number of allylic oxidation sites excluding steroid dienone is 1. The fourth-order valence-corrected chi connectivity index (χ4v) is 6.98. The summed E-state index contributed by atoms with van der Waals surface area (Å²) < 4.78 is 6.22. The van der Waals surface area contributed by atoms with E-state index in [1.807, 2.05) is 78.9 Å². The predicted octanol–water partition coefficient (Wildman–Crippen LogP) is 4.56. The van der Waals surface area contributed by atoms with Crippen LogP contribution in [-0.2, 0) is 24.0 Å². The fraction of sp³-hybridized carbons (Fsp3) is 0.176. The number of oxime groups is 1. The number of rotatable bonds is 11. The first-order valence-corrected chi connectivity index (χ1v) is 16.7. The molecular weight excluding hydrogens is 637 g/mol. The van der Waals surface area contributed by atoms with Gasteiger partial charge in [-0.1, -0.05) is 84.0 Å². The first kappa shape index (κ1) is 31.7. The Balaban J connectivity index is 1.30. The zero-order valence-corrected chi connectivity index (χ0v) is 26.8. The van der Waals surface area contributed by atoms with E-state index in [1.165, 1.54) is 16.7 Å². The molecule has 0 bridgehead atoms.